The van der Waals surface area contributed by atoms with E-state index in [1.807, 2.05) is 4.90 Å². The van der Waals surface area contributed by atoms with E-state index in [9.17, 15) is 22.8 Å². The monoisotopic (exact) mass is 372 g/mol. The van der Waals surface area contributed by atoms with Gasteiger partial charge in [-0.15, -0.1) is 0 Å². The summed E-state index contributed by atoms with van der Waals surface area (Å²) in [5, 5.41) is 7.36. The maximum absolute atomic E-state index is 13.0. The van der Waals surface area contributed by atoms with Crippen molar-refractivity contribution in [2.24, 2.45) is 0 Å². The van der Waals surface area contributed by atoms with Crippen LogP contribution in [-0.2, 0) is 11.0 Å². The zero-order chi connectivity index (χ0) is 19.3. The lowest BCUT2D eigenvalue weighted by Gasteiger charge is -2.23. The molecule has 6 nitrogen and oxygen atoms in total. The standard InChI is InChI=1S/C17H23F3N4O2/c1-11(2)22-16(26)23-15(25)10-21-13-9-12(17(18,19)20)5-6-14(13)24-7-3-4-8-24/h5-6,9,11,21H,3-4,7-8,10H2,1-2H3,(H2,22,23,25,26). The van der Waals surface area contributed by atoms with Crippen molar-refractivity contribution in [1.29, 1.82) is 0 Å². The van der Waals surface area contributed by atoms with Gasteiger partial charge < -0.3 is 15.5 Å². The Morgan fingerprint density at radius 1 is 1.19 bits per heavy atom. The SMILES string of the molecule is CC(C)NC(=O)NC(=O)CNc1cc(C(F)(F)F)ccc1N1CCCC1. The molecule has 0 saturated carbocycles. The Morgan fingerprint density at radius 3 is 2.42 bits per heavy atom. The van der Waals surface area contributed by atoms with E-state index in [2.05, 4.69) is 16.0 Å². The minimum atomic E-state index is -4.47. The van der Waals surface area contributed by atoms with Crippen LogP contribution in [0, 0.1) is 0 Å². The van der Waals surface area contributed by atoms with Crippen molar-refractivity contribution in [3.8, 4) is 0 Å². The van der Waals surface area contributed by atoms with Gasteiger partial charge in [0.2, 0.25) is 5.91 Å². The lowest BCUT2D eigenvalue weighted by Crippen LogP contribution is -2.44. The Labute approximate surface area is 150 Å². The minimum absolute atomic E-state index is 0.138. The molecule has 1 aliphatic heterocycles. The lowest BCUT2D eigenvalue weighted by atomic mass is 10.1. The van der Waals surface area contributed by atoms with Gasteiger partial charge in [0.15, 0.2) is 0 Å². The predicted molar refractivity (Wildman–Crippen MR) is 93.2 cm³/mol. The average molecular weight is 372 g/mol. The van der Waals surface area contributed by atoms with Crippen molar-refractivity contribution < 1.29 is 22.8 Å². The quantitative estimate of drug-likeness (QED) is 0.743. The maximum atomic E-state index is 13.0. The van der Waals surface area contributed by atoms with Crippen LogP contribution >= 0.6 is 0 Å². The van der Waals surface area contributed by atoms with Crippen LogP contribution in [0.25, 0.3) is 0 Å². The van der Waals surface area contributed by atoms with E-state index in [1.54, 1.807) is 13.8 Å². The molecule has 0 radical (unpaired) electrons. The summed E-state index contributed by atoms with van der Waals surface area (Å²) in [6.07, 6.45) is -2.54. The van der Waals surface area contributed by atoms with E-state index in [0.29, 0.717) is 5.69 Å². The molecule has 9 heteroatoms. The number of urea groups is 1. The first-order valence-electron chi connectivity index (χ1n) is 8.47. The maximum Gasteiger partial charge on any atom is 0.416 e. The third-order valence-corrected chi connectivity index (χ3v) is 3.88. The summed E-state index contributed by atoms with van der Waals surface area (Å²) in [5.74, 6) is -0.632. The molecule has 1 aliphatic rings. The first-order chi connectivity index (χ1) is 12.2. The molecule has 0 aromatic heterocycles. The largest absolute Gasteiger partial charge is 0.416 e. The molecule has 26 heavy (non-hydrogen) atoms. The highest BCUT2D eigenvalue weighted by Crippen LogP contribution is 2.36. The number of halogens is 3. The van der Waals surface area contributed by atoms with Gasteiger partial charge in [0.1, 0.15) is 0 Å². The Hall–Kier alpha value is -2.45. The van der Waals surface area contributed by atoms with Crippen molar-refractivity contribution in [3.63, 3.8) is 0 Å². The number of benzene rings is 1. The smallest absolute Gasteiger partial charge is 0.374 e. The van der Waals surface area contributed by atoms with Gasteiger partial charge in [0.05, 0.1) is 23.5 Å². The summed E-state index contributed by atoms with van der Waals surface area (Å²) in [6.45, 7) is 4.68. The summed E-state index contributed by atoms with van der Waals surface area (Å²) in [7, 11) is 0. The Kier molecular flexibility index (Phi) is 6.33. The van der Waals surface area contributed by atoms with Crippen LogP contribution in [0.5, 0.6) is 0 Å². The van der Waals surface area contributed by atoms with Crippen LogP contribution < -0.4 is 20.9 Å². The van der Waals surface area contributed by atoms with Gasteiger partial charge in [-0.25, -0.2) is 4.79 Å². The average Bonchev–Trinajstić information content (AvgIpc) is 3.05. The summed E-state index contributed by atoms with van der Waals surface area (Å²) < 4.78 is 39.0. The summed E-state index contributed by atoms with van der Waals surface area (Å²) in [6, 6.07) is 2.67. The number of imide groups is 1. The minimum Gasteiger partial charge on any atom is -0.374 e. The van der Waals surface area contributed by atoms with E-state index in [1.165, 1.54) is 6.07 Å². The van der Waals surface area contributed by atoms with Crippen LogP contribution in [0.4, 0.5) is 29.3 Å². The zero-order valence-corrected chi connectivity index (χ0v) is 14.7. The third-order valence-electron chi connectivity index (χ3n) is 3.88. The topological polar surface area (TPSA) is 73.5 Å². The van der Waals surface area contributed by atoms with Gasteiger partial charge in [-0.3, -0.25) is 10.1 Å². The molecule has 1 heterocycles. The number of carbonyl (C=O) groups excluding carboxylic acids is 2. The van der Waals surface area contributed by atoms with Gasteiger partial charge in [0, 0.05) is 19.1 Å². The van der Waals surface area contributed by atoms with Crippen LogP contribution in [0.1, 0.15) is 32.3 Å². The van der Waals surface area contributed by atoms with E-state index >= 15 is 0 Å². The number of nitrogens with one attached hydrogen (secondary N) is 3. The predicted octanol–water partition coefficient (Wildman–Crippen LogP) is 2.95. The van der Waals surface area contributed by atoms with Crippen LogP contribution in [-0.4, -0.2) is 37.6 Å². The number of hydrogen-bond acceptors (Lipinski definition) is 4. The molecule has 0 aliphatic carbocycles. The van der Waals surface area contributed by atoms with Crippen molar-refractivity contribution in [2.75, 3.05) is 29.9 Å². The lowest BCUT2D eigenvalue weighted by molar-refractivity contribution is -0.137. The molecular weight excluding hydrogens is 349 g/mol. The second kappa shape index (κ2) is 8.29. The van der Waals surface area contributed by atoms with Crippen molar-refractivity contribution in [1.82, 2.24) is 10.6 Å². The molecule has 1 aromatic rings. The van der Waals surface area contributed by atoms with Crippen LogP contribution in [0.3, 0.4) is 0 Å². The number of amides is 3. The molecule has 0 unspecified atom stereocenters. The Balaban J connectivity index is 2.10. The van der Waals surface area contributed by atoms with Crippen molar-refractivity contribution in [3.05, 3.63) is 23.8 Å². The van der Waals surface area contributed by atoms with E-state index in [0.717, 1.165) is 38.1 Å². The van der Waals surface area contributed by atoms with Gasteiger partial charge in [-0.1, -0.05) is 0 Å². The van der Waals surface area contributed by atoms with E-state index in [4.69, 9.17) is 0 Å². The second-order valence-corrected chi connectivity index (χ2v) is 6.45. The molecule has 1 aromatic carbocycles. The highest BCUT2D eigenvalue weighted by atomic mass is 19.4. The molecule has 0 spiro atoms. The fourth-order valence-electron chi connectivity index (χ4n) is 2.73. The summed E-state index contributed by atoms with van der Waals surface area (Å²) >= 11 is 0. The number of alkyl halides is 3. The summed E-state index contributed by atoms with van der Waals surface area (Å²) in [4.78, 5) is 25.3. The normalized spacial score (nSPS) is 14.5. The van der Waals surface area contributed by atoms with Crippen LogP contribution in [0.15, 0.2) is 18.2 Å². The van der Waals surface area contributed by atoms with Gasteiger partial charge >= 0.3 is 12.2 Å². The third kappa shape index (κ3) is 5.53. The van der Waals surface area contributed by atoms with Crippen molar-refractivity contribution >= 4 is 23.3 Å². The second-order valence-electron chi connectivity index (χ2n) is 6.45. The number of rotatable bonds is 5. The number of anilines is 2. The molecule has 0 atom stereocenters. The van der Waals surface area contributed by atoms with Gasteiger partial charge in [-0.2, -0.15) is 13.2 Å². The molecule has 2 rings (SSSR count). The van der Waals surface area contributed by atoms with Crippen LogP contribution in [0.2, 0.25) is 0 Å². The van der Waals surface area contributed by atoms with Crippen molar-refractivity contribution in [2.45, 2.75) is 38.9 Å². The molecular formula is C17H23F3N4O2. The van der Waals surface area contributed by atoms with Gasteiger partial charge in [0.25, 0.3) is 0 Å². The molecule has 3 N–H and O–H groups in total. The zero-order valence-electron chi connectivity index (χ0n) is 14.7. The highest BCUT2D eigenvalue weighted by Gasteiger charge is 2.31. The first kappa shape index (κ1) is 19.9. The first-order valence-corrected chi connectivity index (χ1v) is 8.47. The number of nitrogens with zero attached hydrogens (tertiary/aromatic N) is 1. The Bertz CT molecular complexity index is 656. The fraction of sp³-hybridized carbons (Fsp3) is 0.529. The molecule has 144 valence electrons. The number of carbonyl (C=O) groups is 2. The molecule has 3 amide bonds. The van der Waals surface area contributed by atoms with Gasteiger partial charge in [-0.05, 0) is 44.9 Å². The number of hydrogen-bond donors (Lipinski definition) is 3. The molecule has 0 bridgehead atoms. The van der Waals surface area contributed by atoms with E-state index < -0.39 is 23.7 Å². The Morgan fingerprint density at radius 2 is 1.85 bits per heavy atom. The highest BCUT2D eigenvalue weighted by molar-refractivity contribution is 5.96. The molecule has 1 fully saturated rings. The fourth-order valence-corrected chi connectivity index (χ4v) is 2.73. The van der Waals surface area contributed by atoms with E-state index in [-0.39, 0.29) is 18.3 Å². The summed E-state index contributed by atoms with van der Waals surface area (Å²) in [5.41, 5.74) is 0.0528. The molecule has 1 saturated heterocycles.